The van der Waals surface area contributed by atoms with Crippen LogP contribution in [0.5, 0.6) is 0 Å². The largest absolute Gasteiger partial charge is 0.334 e. The molecule has 1 aliphatic rings. The van der Waals surface area contributed by atoms with Crippen LogP contribution < -0.4 is 10.6 Å². The number of nitrogens with one attached hydrogen (secondary N) is 2. The van der Waals surface area contributed by atoms with Gasteiger partial charge in [-0.05, 0) is 37.1 Å². The first-order valence-electron chi connectivity index (χ1n) is 8.66. The quantitative estimate of drug-likeness (QED) is 0.888. The number of piperidine rings is 1. The molecule has 1 aliphatic heterocycles. The average Bonchev–Trinajstić information content (AvgIpc) is 2.66. The number of urea groups is 1. The Balaban J connectivity index is 1.67. The van der Waals surface area contributed by atoms with Crippen molar-refractivity contribution in [1.82, 2.24) is 15.5 Å². The van der Waals surface area contributed by atoms with E-state index in [1.807, 2.05) is 53.4 Å². The summed E-state index contributed by atoms with van der Waals surface area (Å²) in [5.41, 5.74) is 2.29. The molecule has 1 heterocycles. The number of hydrogen-bond acceptors (Lipinski definition) is 2. The highest BCUT2D eigenvalue weighted by atomic mass is 16.2. The van der Waals surface area contributed by atoms with E-state index in [1.54, 1.807) is 0 Å². The number of carbonyl (C=O) groups excluding carboxylic acids is 1. The average molecular weight is 323 g/mol. The molecule has 2 aromatic carbocycles. The lowest BCUT2D eigenvalue weighted by atomic mass is 10.0. The van der Waals surface area contributed by atoms with E-state index in [-0.39, 0.29) is 6.03 Å². The Morgan fingerprint density at radius 1 is 0.958 bits per heavy atom. The molecule has 0 bridgehead atoms. The molecule has 2 aromatic rings. The molecule has 4 nitrogen and oxygen atoms in total. The number of hydrogen-bond donors (Lipinski definition) is 2. The summed E-state index contributed by atoms with van der Waals surface area (Å²) in [4.78, 5) is 14.8. The molecule has 24 heavy (non-hydrogen) atoms. The Kier molecular flexibility index (Phi) is 5.85. The zero-order valence-corrected chi connectivity index (χ0v) is 13.9. The molecule has 2 amide bonds. The monoisotopic (exact) mass is 323 g/mol. The molecule has 0 aromatic heterocycles. The van der Waals surface area contributed by atoms with Gasteiger partial charge in [-0.3, -0.25) is 0 Å². The van der Waals surface area contributed by atoms with E-state index in [4.69, 9.17) is 0 Å². The van der Waals surface area contributed by atoms with Crippen LogP contribution in [0.4, 0.5) is 4.79 Å². The minimum Gasteiger partial charge on any atom is -0.334 e. The fourth-order valence-electron chi connectivity index (χ4n) is 3.14. The first-order valence-corrected chi connectivity index (χ1v) is 8.66. The number of nitrogens with zero attached hydrogens (tertiary/aromatic N) is 1. The molecule has 0 unspecified atom stereocenters. The summed E-state index contributed by atoms with van der Waals surface area (Å²) >= 11 is 0. The van der Waals surface area contributed by atoms with Crippen molar-refractivity contribution in [3.05, 3.63) is 71.8 Å². The van der Waals surface area contributed by atoms with Crippen LogP contribution in [0.2, 0.25) is 0 Å². The molecule has 0 saturated carbocycles. The van der Waals surface area contributed by atoms with E-state index in [2.05, 4.69) is 22.8 Å². The summed E-state index contributed by atoms with van der Waals surface area (Å²) in [6.45, 7) is 3.17. The fraction of sp³-hybridized carbons (Fsp3) is 0.350. The molecule has 0 aliphatic carbocycles. The second-order valence-electron chi connectivity index (χ2n) is 6.24. The van der Waals surface area contributed by atoms with Gasteiger partial charge in [0, 0.05) is 19.1 Å². The van der Waals surface area contributed by atoms with Crippen LogP contribution in [0.25, 0.3) is 0 Å². The Bertz CT molecular complexity index is 624. The molecule has 0 spiro atoms. The number of amides is 2. The van der Waals surface area contributed by atoms with E-state index in [1.165, 1.54) is 5.56 Å². The van der Waals surface area contributed by atoms with Crippen LogP contribution >= 0.6 is 0 Å². The van der Waals surface area contributed by atoms with Gasteiger partial charge in [-0.1, -0.05) is 60.7 Å². The lowest BCUT2D eigenvalue weighted by Crippen LogP contribution is -2.49. The Hall–Kier alpha value is -2.33. The minimum atomic E-state index is 0.0228. The molecule has 0 atom stereocenters. The van der Waals surface area contributed by atoms with Crippen LogP contribution in [0, 0.1) is 0 Å². The van der Waals surface area contributed by atoms with Crippen molar-refractivity contribution in [1.29, 1.82) is 0 Å². The van der Waals surface area contributed by atoms with Crippen LogP contribution in [-0.4, -0.2) is 30.1 Å². The Labute approximate surface area is 143 Å². The maximum absolute atomic E-state index is 12.8. The molecule has 3 rings (SSSR count). The van der Waals surface area contributed by atoms with E-state index in [0.717, 1.165) is 31.5 Å². The van der Waals surface area contributed by atoms with Gasteiger partial charge in [0.05, 0.1) is 0 Å². The molecular formula is C20H25N3O. The molecule has 0 radical (unpaired) electrons. The van der Waals surface area contributed by atoms with Crippen molar-refractivity contribution < 1.29 is 4.79 Å². The van der Waals surface area contributed by atoms with Gasteiger partial charge in [0.1, 0.15) is 0 Å². The van der Waals surface area contributed by atoms with Crippen LogP contribution in [-0.2, 0) is 13.1 Å². The zero-order valence-electron chi connectivity index (χ0n) is 13.9. The van der Waals surface area contributed by atoms with Crippen molar-refractivity contribution in [3.63, 3.8) is 0 Å². The number of rotatable bonds is 5. The Morgan fingerprint density at radius 2 is 1.54 bits per heavy atom. The van der Waals surface area contributed by atoms with Gasteiger partial charge in [-0.15, -0.1) is 0 Å². The van der Waals surface area contributed by atoms with Crippen LogP contribution in [0.15, 0.2) is 60.7 Å². The number of carbonyl (C=O) groups is 1. The molecule has 1 fully saturated rings. The SMILES string of the molecule is O=C(NCc1ccccc1)N(Cc1ccccc1)C1CCNCC1. The predicted octanol–water partition coefficient (Wildman–Crippen LogP) is 3.15. The van der Waals surface area contributed by atoms with Gasteiger partial charge in [0.2, 0.25) is 0 Å². The smallest absolute Gasteiger partial charge is 0.318 e. The van der Waals surface area contributed by atoms with E-state index in [0.29, 0.717) is 19.1 Å². The maximum Gasteiger partial charge on any atom is 0.318 e. The zero-order chi connectivity index (χ0) is 16.6. The third-order valence-corrected chi connectivity index (χ3v) is 4.49. The first kappa shape index (κ1) is 16.5. The summed E-state index contributed by atoms with van der Waals surface area (Å²) in [6, 6.07) is 20.6. The summed E-state index contributed by atoms with van der Waals surface area (Å²) < 4.78 is 0. The lowest BCUT2D eigenvalue weighted by molar-refractivity contribution is 0.154. The Morgan fingerprint density at radius 3 is 2.17 bits per heavy atom. The molecular weight excluding hydrogens is 298 g/mol. The van der Waals surface area contributed by atoms with Gasteiger partial charge < -0.3 is 15.5 Å². The van der Waals surface area contributed by atoms with Gasteiger partial charge >= 0.3 is 6.03 Å². The van der Waals surface area contributed by atoms with Crippen molar-refractivity contribution in [2.24, 2.45) is 0 Å². The lowest BCUT2D eigenvalue weighted by Gasteiger charge is -2.34. The molecule has 1 saturated heterocycles. The van der Waals surface area contributed by atoms with Gasteiger partial charge in [-0.25, -0.2) is 4.79 Å². The van der Waals surface area contributed by atoms with Crippen LogP contribution in [0.1, 0.15) is 24.0 Å². The molecule has 4 heteroatoms. The highest BCUT2D eigenvalue weighted by Crippen LogP contribution is 2.16. The summed E-state index contributed by atoms with van der Waals surface area (Å²) in [7, 11) is 0. The van der Waals surface area contributed by atoms with Gasteiger partial charge in [0.25, 0.3) is 0 Å². The minimum absolute atomic E-state index is 0.0228. The first-order chi connectivity index (χ1) is 11.8. The standard InChI is InChI=1S/C20H25N3O/c24-20(22-15-17-7-3-1-4-8-17)23(19-11-13-21-14-12-19)16-18-9-5-2-6-10-18/h1-10,19,21H,11-16H2,(H,22,24). The van der Waals surface area contributed by atoms with E-state index >= 15 is 0 Å². The normalized spacial score (nSPS) is 15.0. The van der Waals surface area contributed by atoms with Crippen LogP contribution in [0.3, 0.4) is 0 Å². The highest BCUT2D eigenvalue weighted by molar-refractivity contribution is 5.74. The van der Waals surface area contributed by atoms with Crippen molar-refractivity contribution in [2.45, 2.75) is 32.0 Å². The second kappa shape index (κ2) is 8.50. The summed E-state index contributed by atoms with van der Waals surface area (Å²) in [5, 5.41) is 6.46. The highest BCUT2D eigenvalue weighted by Gasteiger charge is 2.25. The third-order valence-electron chi connectivity index (χ3n) is 4.49. The second-order valence-corrected chi connectivity index (χ2v) is 6.24. The number of benzene rings is 2. The molecule has 126 valence electrons. The fourth-order valence-corrected chi connectivity index (χ4v) is 3.14. The summed E-state index contributed by atoms with van der Waals surface area (Å²) in [6.07, 6.45) is 2.01. The van der Waals surface area contributed by atoms with Gasteiger partial charge in [0.15, 0.2) is 0 Å². The van der Waals surface area contributed by atoms with Crippen molar-refractivity contribution in [2.75, 3.05) is 13.1 Å². The van der Waals surface area contributed by atoms with E-state index in [9.17, 15) is 4.79 Å². The van der Waals surface area contributed by atoms with E-state index < -0.39 is 0 Å². The predicted molar refractivity (Wildman–Crippen MR) is 96.6 cm³/mol. The third kappa shape index (κ3) is 4.59. The van der Waals surface area contributed by atoms with Crippen molar-refractivity contribution >= 4 is 6.03 Å². The maximum atomic E-state index is 12.8. The topological polar surface area (TPSA) is 44.4 Å². The van der Waals surface area contributed by atoms with Gasteiger partial charge in [-0.2, -0.15) is 0 Å². The summed E-state index contributed by atoms with van der Waals surface area (Å²) in [5.74, 6) is 0. The van der Waals surface area contributed by atoms with Crippen molar-refractivity contribution in [3.8, 4) is 0 Å². The molecule has 2 N–H and O–H groups in total.